The van der Waals surface area contributed by atoms with Crippen molar-refractivity contribution in [1.29, 1.82) is 0 Å². The molecule has 140 valence electrons. The van der Waals surface area contributed by atoms with Crippen LogP contribution < -0.4 is 15.6 Å². The molecule has 0 saturated heterocycles. The number of carbonyl (C=O) groups is 2. The van der Waals surface area contributed by atoms with Crippen LogP contribution in [-0.2, 0) is 16.0 Å². The zero-order valence-electron chi connectivity index (χ0n) is 15.6. The maximum atomic E-state index is 12.1. The van der Waals surface area contributed by atoms with Crippen molar-refractivity contribution >= 4 is 22.8 Å². The molecule has 1 heterocycles. The third kappa shape index (κ3) is 4.28. The van der Waals surface area contributed by atoms with Crippen LogP contribution in [0.25, 0.3) is 11.0 Å². The number of hydrogen-bond donors (Lipinski definition) is 2. The van der Waals surface area contributed by atoms with Crippen LogP contribution in [0.15, 0.2) is 47.1 Å². The lowest BCUT2D eigenvalue weighted by Crippen LogP contribution is -2.44. The van der Waals surface area contributed by atoms with E-state index in [1.807, 2.05) is 51.1 Å². The molecule has 6 nitrogen and oxygen atoms in total. The van der Waals surface area contributed by atoms with Crippen LogP contribution >= 0.6 is 0 Å². The van der Waals surface area contributed by atoms with Gasteiger partial charge in [0.2, 0.25) is 5.91 Å². The highest BCUT2D eigenvalue weighted by Gasteiger charge is 2.13. The summed E-state index contributed by atoms with van der Waals surface area (Å²) in [7, 11) is 0. The van der Waals surface area contributed by atoms with E-state index in [9.17, 15) is 9.59 Å². The van der Waals surface area contributed by atoms with Crippen LogP contribution in [0.2, 0.25) is 0 Å². The first-order valence-electron chi connectivity index (χ1n) is 8.68. The molecule has 0 aliphatic rings. The summed E-state index contributed by atoms with van der Waals surface area (Å²) in [6.45, 7) is 5.71. The van der Waals surface area contributed by atoms with E-state index in [2.05, 4.69) is 10.9 Å². The Morgan fingerprint density at radius 2 is 1.70 bits per heavy atom. The highest BCUT2D eigenvalue weighted by atomic mass is 16.5. The van der Waals surface area contributed by atoms with Gasteiger partial charge in [-0.2, -0.15) is 0 Å². The van der Waals surface area contributed by atoms with Crippen molar-refractivity contribution < 1.29 is 18.7 Å². The highest BCUT2D eigenvalue weighted by molar-refractivity contribution is 5.90. The maximum Gasteiger partial charge on any atom is 0.276 e. The Morgan fingerprint density at radius 3 is 2.48 bits per heavy atom. The summed E-state index contributed by atoms with van der Waals surface area (Å²) in [5, 5.41) is 0.905. The van der Waals surface area contributed by atoms with Gasteiger partial charge in [-0.1, -0.05) is 30.3 Å². The molecule has 0 atom stereocenters. The van der Waals surface area contributed by atoms with Gasteiger partial charge < -0.3 is 9.15 Å². The van der Waals surface area contributed by atoms with Crippen molar-refractivity contribution in [3.8, 4) is 5.75 Å². The first-order valence-corrected chi connectivity index (χ1v) is 8.68. The van der Waals surface area contributed by atoms with Crippen LogP contribution in [0.3, 0.4) is 0 Å². The largest absolute Gasteiger partial charge is 0.483 e. The van der Waals surface area contributed by atoms with E-state index in [0.29, 0.717) is 5.75 Å². The Hall–Kier alpha value is -3.28. The molecule has 3 rings (SSSR count). The second kappa shape index (κ2) is 7.95. The fourth-order valence-electron chi connectivity index (χ4n) is 2.78. The number of hydrazine groups is 1. The normalized spacial score (nSPS) is 10.6. The molecule has 0 saturated carbocycles. The second-order valence-electron chi connectivity index (χ2n) is 6.47. The minimum absolute atomic E-state index is 0.106. The van der Waals surface area contributed by atoms with E-state index in [1.54, 1.807) is 12.3 Å². The minimum Gasteiger partial charge on any atom is -0.483 e. The Labute approximate surface area is 157 Å². The third-order valence-corrected chi connectivity index (χ3v) is 4.49. The molecule has 0 bridgehead atoms. The minimum atomic E-state index is -0.435. The van der Waals surface area contributed by atoms with Gasteiger partial charge in [0.1, 0.15) is 11.3 Å². The fourth-order valence-corrected chi connectivity index (χ4v) is 2.78. The number of nitrogens with one attached hydrogen (secondary N) is 2. The van der Waals surface area contributed by atoms with Crippen LogP contribution in [0.4, 0.5) is 0 Å². The first-order chi connectivity index (χ1) is 13.0. The molecular formula is C21H22N2O4. The Balaban J connectivity index is 1.52. The lowest BCUT2D eigenvalue weighted by Gasteiger charge is -2.10. The quantitative estimate of drug-likeness (QED) is 0.680. The highest BCUT2D eigenvalue weighted by Crippen LogP contribution is 2.26. The van der Waals surface area contributed by atoms with Gasteiger partial charge in [-0.05, 0) is 43.5 Å². The summed E-state index contributed by atoms with van der Waals surface area (Å²) in [5.41, 5.74) is 9.45. The number of furan rings is 1. The molecule has 0 unspecified atom stereocenters. The van der Waals surface area contributed by atoms with Crippen molar-refractivity contribution in [3.63, 3.8) is 0 Å². The van der Waals surface area contributed by atoms with Gasteiger partial charge >= 0.3 is 0 Å². The summed E-state index contributed by atoms with van der Waals surface area (Å²) in [6.07, 6.45) is 1.69. The smallest absolute Gasteiger partial charge is 0.276 e. The van der Waals surface area contributed by atoms with Crippen molar-refractivity contribution in [3.05, 3.63) is 64.9 Å². The average molecular weight is 366 g/mol. The molecule has 0 aliphatic heterocycles. The van der Waals surface area contributed by atoms with Gasteiger partial charge in [-0.3, -0.25) is 20.4 Å². The van der Waals surface area contributed by atoms with Gasteiger partial charge in [0.15, 0.2) is 6.61 Å². The summed E-state index contributed by atoms with van der Waals surface area (Å²) < 4.78 is 11.0. The second-order valence-corrected chi connectivity index (χ2v) is 6.47. The zero-order valence-corrected chi connectivity index (χ0v) is 15.6. The Bertz CT molecular complexity index is 991. The average Bonchev–Trinajstić information content (AvgIpc) is 3.05. The fraction of sp³-hybridized carbons (Fsp3) is 0.238. The SMILES string of the molecule is Cc1ccccc1OCC(=O)NNC(=O)Cc1coc2c(C)c(C)ccc12. The zero-order chi connectivity index (χ0) is 19.4. The summed E-state index contributed by atoms with van der Waals surface area (Å²) in [4.78, 5) is 24.0. The summed E-state index contributed by atoms with van der Waals surface area (Å²) in [5.74, 6) is -0.134. The molecule has 0 spiro atoms. The van der Waals surface area contributed by atoms with E-state index < -0.39 is 5.91 Å². The summed E-state index contributed by atoms with van der Waals surface area (Å²) in [6, 6.07) is 11.4. The van der Waals surface area contributed by atoms with Gasteiger partial charge in [-0.15, -0.1) is 0 Å². The van der Waals surface area contributed by atoms with Crippen LogP contribution in [0.5, 0.6) is 5.75 Å². The van der Waals surface area contributed by atoms with Crippen LogP contribution in [0.1, 0.15) is 22.3 Å². The molecule has 27 heavy (non-hydrogen) atoms. The predicted molar refractivity (Wildman–Crippen MR) is 102 cm³/mol. The topological polar surface area (TPSA) is 80.6 Å². The Morgan fingerprint density at radius 1 is 0.963 bits per heavy atom. The maximum absolute atomic E-state index is 12.1. The van der Waals surface area contributed by atoms with Crippen molar-refractivity contribution in [1.82, 2.24) is 10.9 Å². The third-order valence-electron chi connectivity index (χ3n) is 4.49. The number of amides is 2. The number of hydrogen-bond acceptors (Lipinski definition) is 4. The van der Waals surface area contributed by atoms with E-state index in [1.165, 1.54) is 0 Å². The monoisotopic (exact) mass is 366 g/mol. The number of ether oxygens (including phenoxy) is 1. The number of fused-ring (bicyclic) bond motifs is 1. The predicted octanol–water partition coefficient (Wildman–Crippen LogP) is 3.13. The number of carbonyl (C=O) groups excluding carboxylic acids is 2. The van der Waals surface area contributed by atoms with Crippen LogP contribution in [0, 0.1) is 20.8 Å². The molecule has 2 aromatic carbocycles. The van der Waals surface area contributed by atoms with E-state index in [-0.39, 0.29) is 18.9 Å². The molecule has 2 amide bonds. The van der Waals surface area contributed by atoms with Crippen LogP contribution in [-0.4, -0.2) is 18.4 Å². The van der Waals surface area contributed by atoms with Gasteiger partial charge in [0, 0.05) is 10.9 Å². The molecule has 0 aliphatic carbocycles. The number of para-hydroxylation sites is 1. The van der Waals surface area contributed by atoms with E-state index in [0.717, 1.165) is 33.2 Å². The van der Waals surface area contributed by atoms with E-state index in [4.69, 9.17) is 9.15 Å². The molecule has 0 fully saturated rings. The number of rotatable bonds is 5. The summed E-state index contributed by atoms with van der Waals surface area (Å²) >= 11 is 0. The number of aryl methyl sites for hydroxylation is 3. The standard InChI is InChI=1S/C21H22N2O4/c1-13-8-9-17-16(11-27-21(17)15(13)3)10-19(24)22-23-20(25)12-26-18-7-5-4-6-14(18)2/h4-9,11H,10,12H2,1-3H3,(H,22,24)(H,23,25). The lowest BCUT2D eigenvalue weighted by atomic mass is 10.0. The van der Waals surface area contributed by atoms with Crippen molar-refractivity contribution in [2.75, 3.05) is 6.61 Å². The Kier molecular flexibility index (Phi) is 5.45. The lowest BCUT2D eigenvalue weighted by molar-refractivity contribution is -0.129. The number of benzene rings is 2. The molecular weight excluding hydrogens is 344 g/mol. The van der Waals surface area contributed by atoms with Gasteiger partial charge in [0.25, 0.3) is 5.91 Å². The molecule has 1 aromatic heterocycles. The molecule has 0 radical (unpaired) electrons. The molecule has 3 aromatic rings. The molecule has 2 N–H and O–H groups in total. The van der Waals surface area contributed by atoms with Gasteiger partial charge in [0.05, 0.1) is 12.7 Å². The van der Waals surface area contributed by atoms with Gasteiger partial charge in [-0.25, -0.2) is 0 Å². The molecule has 6 heteroatoms. The van der Waals surface area contributed by atoms with E-state index >= 15 is 0 Å². The van der Waals surface area contributed by atoms with Crippen molar-refractivity contribution in [2.45, 2.75) is 27.2 Å². The first kappa shape index (κ1) is 18.5. The van der Waals surface area contributed by atoms with Crippen molar-refractivity contribution in [2.24, 2.45) is 0 Å².